The molecule has 2 aromatic carbocycles. The van der Waals surface area contributed by atoms with Crippen LogP contribution in [-0.2, 0) is 12.8 Å². The number of phenols is 2. The quantitative estimate of drug-likeness (QED) is 0.196. The van der Waals surface area contributed by atoms with Crippen molar-refractivity contribution in [3.63, 3.8) is 0 Å². The molecule has 30 heavy (non-hydrogen) atoms. The summed E-state index contributed by atoms with van der Waals surface area (Å²) in [6.07, 6.45) is 6.81. The number of hydrogen-bond donors (Lipinski definition) is 4. The molecule has 6 heteroatoms. The highest BCUT2D eigenvalue weighted by Crippen LogP contribution is 2.24. The molecule has 0 bridgehead atoms. The summed E-state index contributed by atoms with van der Waals surface area (Å²) >= 11 is 0. The maximum Gasteiger partial charge on any atom is 0.157 e. The molecular weight excluding hydrogens is 508 g/mol. The third-order valence-corrected chi connectivity index (χ3v) is 5.00. The second kappa shape index (κ2) is 15.7. The topological polar surface area (TPSA) is 64.5 Å². The summed E-state index contributed by atoms with van der Waals surface area (Å²) in [6.45, 7) is 7.53. The average molecular weight is 546 g/mol. The van der Waals surface area contributed by atoms with Crippen LogP contribution in [0.3, 0.4) is 0 Å². The fraction of sp³-hybridized carbons (Fsp3) is 0.500. The van der Waals surface area contributed by atoms with Crippen LogP contribution in [0.1, 0.15) is 50.7 Å². The summed E-state index contributed by atoms with van der Waals surface area (Å²) in [5.41, 5.74) is 2.55. The van der Waals surface area contributed by atoms with E-state index in [1.54, 1.807) is 12.1 Å². The molecular formula is C24H38Br2N2O2. The molecule has 0 unspecified atom stereocenters. The van der Waals surface area contributed by atoms with E-state index in [2.05, 4.69) is 54.8 Å². The molecule has 0 heterocycles. The Morgan fingerprint density at radius 2 is 1.40 bits per heavy atom. The van der Waals surface area contributed by atoms with Crippen molar-refractivity contribution in [2.24, 2.45) is 0 Å². The lowest BCUT2D eigenvalue weighted by Crippen LogP contribution is -2.41. The molecule has 4 N–H and O–H groups in total. The van der Waals surface area contributed by atoms with Gasteiger partial charge in [0, 0.05) is 5.54 Å². The van der Waals surface area contributed by atoms with E-state index < -0.39 is 0 Å². The van der Waals surface area contributed by atoms with Crippen molar-refractivity contribution < 1.29 is 10.2 Å². The molecule has 0 aliphatic carbocycles. The van der Waals surface area contributed by atoms with Crippen LogP contribution in [0.4, 0.5) is 0 Å². The van der Waals surface area contributed by atoms with Crippen LogP contribution >= 0.6 is 34.0 Å². The highest BCUT2D eigenvalue weighted by Gasteiger charge is 2.16. The standard InChI is InChI=1S/C24H36N2O2.2BrH/c1-24(2,19-21-10-6-5-7-11-21)26-16-9-4-3-8-15-25-17-14-20-12-13-22(27)23(28)18-20;;/h5-7,10-13,18,25-28H,3-4,8-9,14-17,19H2,1-2H3;2*1H. The second-order valence-corrected chi connectivity index (χ2v) is 8.21. The van der Waals surface area contributed by atoms with Crippen LogP contribution < -0.4 is 10.6 Å². The van der Waals surface area contributed by atoms with E-state index in [0.29, 0.717) is 0 Å². The molecule has 0 saturated carbocycles. The molecule has 0 spiro atoms. The number of phenolic OH excluding ortho intramolecular Hbond substituents is 2. The van der Waals surface area contributed by atoms with Gasteiger partial charge in [-0.1, -0.05) is 49.2 Å². The Hall–Kier alpha value is -1.08. The van der Waals surface area contributed by atoms with Crippen LogP contribution in [0.25, 0.3) is 0 Å². The number of halogens is 2. The molecule has 2 rings (SSSR count). The van der Waals surface area contributed by atoms with Crippen molar-refractivity contribution in [2.45, 2.75) is 57.9 Å². The van der Waals surface area contributed by atoms with Gasteiger partial charge in [-0.2, -0.15) is 0 Å². The zero-order valence-electron chi connectivity index (χ0n) is 18.2. The minimum absolute atomic E-state index is 0. The van der Waals surface area contributed by atoms with Gasteiger partial charge in [-0.05, 0) is 82.4 Å². The maximum atomic E-state index is 9.49. The smallest absolute Gasteiger partial charge is 0.157 e. The van der Waals surface area contributed by atoms with Crippen LogP contribution in [0.15, 0.2) is 48.5 Å². The fourth-order valence-corrected chi connectivity index (χ4v) is 3.41. The third-order valence-electron chi connectivity index (χ3n) is 5.00. The van der Waals surface area contributed by atoms with Crippen molar-refractivity contribution in [3.8, 4) is 11.5 Å². The van der Waals surface area contributed by atoms with E-state index in [0.717, 1.165) is 38.0 Å². The van der Waals surface area contributed by atoms with E-state index in [-0.39, 0.29) is 51.0 Å². The summed E-state index contributed by atoms with van der Waals surface area (Å²) in [7, 11) is 0. The third kappa shape index (κ3) is 11.9. The molecule has 0 aromatic heterocycles. The van der Waals surface area contributed by atoms with Crippen LogP contribution in [0.5, 0.6) is 11.5 Å². The largest absolute Gasteiger partial charge is 0.504 e. The number of benzene rings is 2. The molecule has 0 saturated heterocycles. The SMILES string of the molecule is Br.Br.CC(C)(Cc1ccccc1)NCCCCCCNCCc1ccc(O)c(O)c1. The number of hydrogen-bond acceptors (Lipinski definition) is 4. The number of nitrogens with one attached hydrogen (secondary N) is 2. The first kappa shape index (κ1) is 28.9. The first-order valence-electron chi connectivity index (χ1n) is 10.5. The molecule has 0 amide bonds. The van der Waals surface area contributed by atoms with Gasteiger partial charge in [0.05, 0.1) is 0 Å². The Morgan fingerprint density at radius 1 is 0.733 bits per heavy atom. The molecule has 170 valence electrons. The average Bonchev–Trinajstić information content (AvgIpc) is 2.66. The van der Waals surface area contributed by atoms with Gasteiger partial charge in [0.15, 0.2) is 11.5 Å². The van der Waals surface area contributed by atoms with Gasteiger partial charge in [-0.3, -0.25) is 0 Å². The number of aromatic hydroxyl groups is 2. The van der Waals surface area contributed by atoms with Crippen LogP contribution in [-0.4, -0.2) is 35.4 Å². The summed E-state index contributed by atoms with van der Waals surface area (Å²) in [5, 5.41) is 25.9. The Balaban J connectivity index is 0.00000420. The van der Waals surface area contributed by atoms with E-state index in [9.17, 15) is 10.2 Å². The molecule has 0 aliphatic rings. The predicted molar refractivity (Wildman–Crippen MR) is 138 cm³/mol. The van der Waals surface area contributed by atoms with Gasteiger partial charge in [0.1, 0.15) is 0 Å². The predicted octanol–water partition coefficient (Wildman–Crippen LogP) is 5.56. The Labute approximate surface area is 203 Å². The molecule has 0 radical (unpaired) electrons. The Morgan fingerprint density at radius 3 is 2.07 bits per heavy atom. The fourth-order valence-electron chi connectivity index (χ4n) is 3.41. The maximum absolute atomic E-state index is 9.49. The monoisotopic (exact) mass is 544 g/mol. The Bertz CT molecular complexity index is 697. The van der Waals surface area contributed by atoms with Crippen molar-refractivity contribution in [1.29, 1.82) is 0 Å². The normalized spacial score (nSPS) is 10.9. The molecule has 4 nitrogen and oxygen atoms in total. The van der Waals surface area contributed by atoms with Crippen molar-refractivity contribution >= 4 is 34.0 Å². The number of unbranched alkanes of at least 4 members (excludes halogenated alkanes) is 3. The summed E-state index contributed by atoms with van der Waals surface area (Å²) < 4.78 is 0. The van der Waals surface area contributed by atoms with Gasteiger partial charge in [-0.25, -0.2) is 0 Å². The lowest BCUT2D eigenvalue weighted by Gasteiger charge is -2.26. The zero-order chi connectivity index (χ0) is 20.2. The lowest BCUT2D eigenvalue weighted by atomic mass is 9.95. The van der Waals surface area contributed by atoms with Gasteiger partial charge < -0.3 is 20.8 Å². The van der Waals surface area contributed by atoms with E-state index in [1.807, 2.05) is 6.07 Å². The van der Waals surface area contributed by atoms with Crippen LogP contribution in [0, 0.1) is 0 Å². The first-order chi connectivity index (χ1) is 13.5. The minimum atomic E-state index is -0.0605. The van der Waals surface area contributed by atoms with E-state index >= 15 is 0 Å². The van der Waals surface area contributed by atoms with Crippen molar-refractivity contribution in [2.75, 3.05) is 19.6 Å². The van der Waals surface area contributed by atoms with E-state index in [4.69, 9.17) is 0 Å². The van der Waals surface area contributed by atoms with Crippen molar-refractivity contribution in [3.05, 3.63) is 59.7 Å². The lowest BCUT2D eigenvalue weighted by molar-refractivity contribution is 0.379. The van der Waals surface area contributed by atoms with Crippen molar-refractivity contribution in [1.82, 2.24) is 10.6 Å². The summed E-state index contributed by atoms with van der Waals surface area (Å²) in [6, 6.07) is 15.7. The summed E-state index contributed by atoms with van der Waals surface area (Å²) in [5.74, 6) is -0.104. The molecule has 0 aliphatic heterocycles. The van der Waals surface area contributed by atoms with Gasteiger partial charge in [0.25, 0.3) is 0 Å². The zero-order valence-corrected chi connectivity index (χ0v) is 21.6. The molecule has 0 atom stereocenters. The highest BCUT2D eigenvalue weighted by molar-refractivity contribution is 8.93. The van der Waals surface area contributed by atoms with Gasteiger partial charge >= 0.3 is 0 Å². The van der Waals surface area contributed by atoms with Gasteiger partial charge in [-0.15, -0.1) is 34.0 Å². The number of rotatable bonds is 13. The molecule has 2 aromatic rings. The first-order valence-corrected chi connectivity index (χ1v) is 10.5. The van der Waals surface area contributed by atoms with Gasteiger partial charge in [0.2, 0.25) is 0 Å². The Kier molecular flexibility index (Phi) is 15.1. The van der Waals surface area contributed by atoms with E-state index in [1.165, 1.54) is 31.2 Å². The summed E-state index contributed by atoms with van der Waals surface area (Å²) in [4.78, 5) is 0. The minimum Gasteiger partial charge on any atom is -0.504 e. The highest BCUT2D eigenvalue weighted by atomic mass is 79.9. The molecule has 0 fully saturated rings. The second-order valence-electron chi connectivity index (χ2n) is 8.21. The van der Waals surface area contributed by atoms with Crippen LogP contribution in [0.2, 0.25) is 0 Å².